The fourth-order valence-electron chi connectivity index (χ4n) is 4.60. The van der Waals surface area contributed by atoms with E-state index in [1.165, 1.54) is 19.0 Å². The molecule has 0 saturated carbocycles. The Morgan fingerprint density at radius 3 is 2.31 bits per heavy atom. The Balaban J connectivity index is 1.90. The van der Waals surface area contributed by atoms with E-state index in [4.69, 9.17) is 11.1 Å². The van der Waals surface area contributed by atoms with Gasteiger partial charge < -0.3 is 21.1 Å². The molecule has 1 heterocycles. The summed E-state index contributed by atoms with van der Waals surface area (Å²) in [5.41, 5.74) is 5.69. The Morgan fingerprint density at radius 1 is 1.10 bits per heavy atom. The number of carboxylic acids is 1. The second kappa shape index (κ2) is 12.4. The van der Waals surface area contributed by atoms with Crippen molar-refractivity contribution in [2.24, 2.45) is 5.73 Å². The first-order valence-corrected chi connectivity index (χ1v) is 13.8. The molecule has 3 rings (SSSR count). The number of carbonyl (C=O) groups is 3. The predicted molar refractivity (Wildman–Crippen MR) is 145 cm³/mol. The molecule has 6 N–H and O–H groups in total. The van der Waals surface area contributed by atoms with E-state index in [9.17, 15) is 27.9 Å². The lowest BCUT2D eigenvalue weighted by Crippen LogP contribution is -2.62. The van der Waals surface area contributed by atoms with E-state index in [0.29, 0.717) is 23.1 Å². The molecule has 1 aliphatic rings. The Hall–Kier alpha value is -3.81. The molecule has 210 valence electrons. The van der Waals surface area contributed by atoms with Crippen LogP contribution in [0.4, 0.5) is 0 Å². The Morgan fingerprint density at radius 2 is 1.74 bits per heavy atom. The summed E-state index contributed by atoms with van der Waals surface area (Å²) in [7, 11) is -1.38. The summed E-state index contributed by atoms with van der Waals surface area (Å²) in [6, 6.07) is 14.2. The van der Waals surface area contributed by atoms with Gasteiger partial charge in [-0.3, -0.25) is 19.8 Å². The molecule has 0 unspecified atom stereocenters. The molecule has 0 radical (unpaired) electrons. The summed E-state index contributed by atoms with van der Waals surface area (Å²) in [4.78, 5) is 40.6. The van der Waals surface area contributed by atoms with E-state index in [0.717, 1.165) is 4.31 Å². The van der Waals surface area contributed by atoms with Gasteiger partial charge in [0, 0.05) is 32.7 Å². The molecule has 1 aliphatic heterocycles. The average molecular weight is 559 g/mol. The van der Waals surface area contributed by atoms with Crippen molar-refractivity contribution < 1.29 is 27.9 Å². The third-order valence-electron chi connectivity index (χ3n) is 6.69. The normalized spacial score (nSPS) is 18.1. The molecule has 0 aliphatic carbocycles. The van der Waals surface area contributed by atoms with E-state index >= 15 is 0 Å². The highest BCUT2D eigenvalue weighted by Gasteiger charge is 2.52. The zero-order valence-electron chi connectivity index (χ0n) is 21.9. The number of aliphatic carboxylic acids is 1. The van der Waals surface area contributed by atoms with Gasteiger partial charge >= 0.3 is 5.97 Å². The number of rotatable bonds is 12. The molecular formula is C26H34N6O6S. The van der Waals surface area contributed by atoms with Crippen molar-refractivity contribution in [2.45, 2.75) is 43.8 Å². The van der Waals surface area contributed by atoms with Crippen molar-refractivity contribution in [2.75, 3.05) is 20.6 Å². The van der Waals surface area contributed by atoms with Crippen molar-refractivity contribution in [3.63, 3.8) is 0 Å². The SMILES string of the molecule is CN(C)S(=O)(=O)N[C@H](Cc1ccccc1)C(=O)N1CCC[C@@]1(CC(=O)O)C(=O)NCc1ccc(C(=N)N)cc1. The minimum Gasteiger partial charge on any atom is -0.481 e. The lowest BCUT2D eigenvalue weighted by molar-refractivity contribution is -0.152. The van der Waals surface area contributed by atoms with E-state index in [-0.39, 0.29) is 31.8 Å². The maximum absolute atomic E-state index is 13.9. The number of hydrogen-bond donors (Lipinski definition) is 5. The second-order valence-electron chi connectivity index (χ2n) is 9.64. The summed E-state index contributed by atoms with van der Waals surface area (Å²) < 4.78 is 28.8. The van der Waals surface area contributed by atoms with Crippen molar-refractivity contribution in [3.8, 4) is 0 Å². The number of carbonyl (C=O) groups excluding carboxylic acids is 2. The van der Waals surface area contributed by atoms with Crippen LogP contribution in [0.3, 0.4) is 0 Å². The van der Waals surface area contributed by atoms with Crippen molar-refractivity contribution in [1.82, 2.24) is 19.2 Å². The van der Waals surface area contributed by atoms with Gasteiger partial charge in [0.25, 0.3) is 10.2 Å². The van der Waals surface area contributed by atoms with Crippen molar-refractivity contribution in [3.05, 3.63) is 71.3 Å². The number of benzene rings is 2. The number of nitrogens with two attached hydrogens (primary N) is 1. The number of likely N-dealkylation sites (tertiary alicyclic amines) is 1. The maximum atomic E-state index is 13.9. The van der Waals surface area contributed by atoms with Crippen LogP contribution < -0.4 is 15.8 Å². The van der Waals surface area contributed by atoms with Crippen LogP contribution in [0.25, 0.3) is 0 Å². The number of hydrogen-bond acceptors (Lipinski definition) is 6. The van der Waals surface area contributed by atoms with Gasteiger partial charge in [-0.15, -0.1) is 0 Å². The minimum atomic E-state index is -4.03. The Labute approximate surface area is 227 Å². The van der Waals surface area contributed by atoms with Gasteiger partial charge in [0.2, 0.25) is 11.8 Å². The molecule has 2 aromatic carbocycles. The van der Waals surface area contributed by atoms with Gasteiger partial charge in [-0.25, -0.2) is 0 Å². The zero-order valence-corrected chi connectivity index (χ0v) is 22.7. The van der Waals surface area contributed by atoms with Crippen LogP contribution in [-0.4, -0.2) is 78.6 Å². The molecule has 0 bridgehead atoms. The highest BCUT2D eigenvalue weighted by Crippen LogP contribution is 2.34. The molecule has 1 fully saturated rings. The number of nitrogens with zero attached hydrogens (tertiary/aromatic N) is 2. The van der Waals surface area contributed by atoms with Gasteiger partial charge in [-0.2, -0.15) is 17.4 Å². The topological polar surface area (TPSA) is 186 Å². The Bertz CT molecular complexity index is 1320. The second-order valence-corrected chi connectivity index (χ2v) is 11.6. The summed E-state index contributed by atoms with van der Waals surface area (Å²) in [6.07, 6.45) is -0.139. The summed E-state index contributed by atoms with van der Waals surface area (Å²) in [6.45, 7) is 0.156. The smallest absolute Gasteiger partial charge is 0.306 e. The molecule has 13 heteroatoms. The number of amidine groups is 1. The average Bonchev–Trinajstić information content (AvgIpc) is 3.31. The third-order valence-corrected chi connectivity index (χ3v) is 8.24. The number of nitrogen functional groups attached to an aromatic ring is 1. The first-order valence-electron chi connectivity index (χ1n) is 12.3. The fraction of sp³-hybridized carbons (Fsp3) is 0.385. The largest absolute Gasteiger partial charge is 0.481 e. The van der Waals surface area contributed by atoms with Crippen LogP contribution in [0.5, 0.6) is 0 Å². The Kier molecular flexibility index (Phi) is 9.43. The van der Waals surface area contributed by atoms with Crippen LogP contribution in [-0.2, 0) is 37.6 Å². The van der Waals surface area contributed by atoms with Gasteiger partial charge in [0.1, 0.15) is 17.4 Å². The molecule has 12 nitrogen and oxygen atoms in total. The molecule has 2 atom stereocenters. The zero-order chi connectivity index (χ0) is 28.8. The first kappa shape index (κ1) is 29.7. The molecule has 0 spiro atoms. The monoisotopic (exact) mass is 558 g/mol. The fourth-order valence-corrected chi connectivity index (χ4v) is 5.36. The van der Waals surface area contributed by atoms with Gasteiger partial charge in [-0.05, 0) is 30.4 Å². The van der Waals surface area contributed by atoms with E-state index < -0.39 is 46.0 Å². The van der Waals surface area contributed by atoms with Crippen LogP contribution >= 0.6 is 0 Å². The van der Waals surface area contributed by atoms with E-state index in [1.54, 1.807) is 54.6 Å². The third kappa shape index (κ3) is 7.19. The molecule has 0 aromatic heterocycles. The minimum absolute atomic E-state index is 0.0104. The number of amides is 2. The van der Waals surface area contributed by atoms with Gasteiger partial charge in [0.05, 0.1) is 6.42 Å². The van der Waals surface area contributed by atoms with Crippen LogP contribution in [0.1, 0.15) is 36.0 Å². The summed E-state index contributed by atoms with van der Waals surface area (Å²) >= 11 is 0. The summed E-state index contributed by atoms with van der Waals surface area (Å²) in [5.74, 6) is -2.67. The van der Waals surface area contributed by atoms with Crippen LogP contribution in [0, 0.1) is 5.41 Å². The predicted octanol–water partition coefficient (Wildman–Crippen LogP) is 0.430. The molecule has 39 heavy (non-hydrogen) atoms. The standard InChI is InChI=1S/C26H34N6O6S/c1-31(2)39(37,38)30-21(15-18-7-4-3-5-8-18)24(35)32-14-6-13-26(32,16-22(33)34)25(36)29-17-19-9-11-20(12-10-19)23(27)28/h3-5,7-12,21,30H,6,13-17H2,1-2H3,(H3,27,28)(H,29,36)(H,33,34)/t21-,26-/m1/s1. The quantitative estimate of drug-likeness (QED) is 0.185. The van der Waals surface area contributed by atoms with Gasteiger partial charge in [-0.1, -0.05) is 54.6 Å². The van der Waals surface area contributed by atoms with Crippen molar-refractivity contribution >= 4 is 33.8 Å². The number of nitrogens with one attached hydrogen (secondary N) is 3. The molecule has 2 aromatic rings. The van der Waals surface area contributed by atoms with Crippen LogP contribution in [0.2, 0.25) is 0 Å². The van der Waals surface area contributed by atoms with Gasteiger partial charge in [0.15, 0.2) is 0 Å². The van der Waals surface area contributed by atoms with E-state index in [1.807, 2.05) is 0 Å². The maximum Gasteiger partial charge on any atom is 0.306 e. The van der Waals surface area contributed by atoms with Crippen LogP contribution in [0.15, 0.2) is 54.6 Å². The lowest BCUT2D eigenvalue weighted by atomic mass is 9.89. The van der Waals surface area contributed by atoms with E-state index in [2.05, 4.69) is 10.0 Å². The highest BCUT2D eigenvalue weighted by molar-refractivity contribution is 7.87. The lowest BCUT2D eigenvalue weighted by Gasteiger charge is -2.38. The number of carboxylic acid groups (broad SMARTS) is 1. The first-order chi connectivity index (χ1) is 18.4. The molecular weight excluding hydrogens is 524 g/mol. The summed E-state index contributed by atoms with van der Waals surface area (Å²) in [5, 5.41) is 20.0. The highest BCUT2D eigenvalue weighted by atomic mass is 32.2. The molecule has 2 amide bonds. The van der Waals surface area contributed by atoms with Crippen molar-refractivity contribution in [1.29, 1.82) is 5.41 Å². The molecule has 1 saturated heterocycles.